The van der Waals surface area contributed by atoms with Crippen molar-refractivity contribution in [2.45, 2.75) is 60.1 Å². The van der Waals surface area contributed by atoms with Crippen LogP contribution < -0.4 is 5.32 Å². The third kappa shape index (κ3) is 7.09. The van der Waals surface area contributed by atoms with E-state index in [9.17, 15) is 0 Å². The first-order chi connectivity index (χ1) is 9.13. The van der Waals surface area contributed by atoms with Crippen LogP contribution in [0, 0.1) is 12.8 Å². The zero-order valence-corrected chi connectivity index (χ0v) is 13.7. The van der Waals surface area contributed by atoms with Crippen LogP contribution >= 0.6 is 11.3 Å². The molecule has 0 spiro atoms. The lowest BCUT2D eigenvalue weighted by atomic mass is 10.1. The predicted octanol–water partition coefficient (Wildman–Crippen LogP) is 4.51. The molecule has 0 aliphatic carbocycles. The normalized spacial score (nSPS) is 11.4. The SMILES string of the molecule is CCCNCc1cc(COCCCC(C)C)c(C)s1. The molecule has 1 aromatic heterocycles. The van der Waals surface area contributed by atoms with Crippen molar-refractivity contribution >= 4 is 11.3 Å². The molecule has 0 atom stereocenters. The maximum absolute atomic E-state index is 5.78. The fraction of sp³-hybridized carbons (Fsp3) is 0.750. The Labute approximate surface area is 122 Å². The van der Waals surface area contributed by atoms with Gasteiger partial charge in [-0.2, -0.15) is 0 Å². The van der Waals surface area contributed by atoms with E-state index in [1.165, 1.54) is 34.6 Å². The third-order valence-corrected chi connectivity index (χ3v) is 4.22. The fourth-order valence-corrected chi connectivity index (χ4v) is 3.00. The molecule has 19 heavy (non-hydrogen) atoms. The van der Waals surface area contributed by atoms with Crippen molar-refractivity contribution in [3.63, 3.8) is 0 Å². The number of rotatable bonds is 10. The predicted molar refractivity (Wildman–Crippen MR) is 84.8 cm³/mol. The Bertz CT molecular complexity index is 347. The molecule has 0 aliphatic heterocycles. The van der Waals surface area contributed by atoms with Gasteiger partial charge in [-0.05, 0) is 50.3 Å². The molecule has 0 bridgehead atoms. The average molecular weight is 283 g/mol. The molecule has 0 saturated heterocycles. The van der Waals surface area contributed by atoms with Crippen LogP contribution in [-0.2, 0) is 17.9 Å². The van der Waals surface area contributed by atoms with Crippen molar-refractivity contribution in [3.05, 3.63) is 21.4 Å². The maximum atomic E-state index is 5.78. The molecule has 0 unspecified atom stereocenters. The van der Waals surface area contributed by atoms with Crippen molar-refractivity contribution in [1.82, 2.24) is 5.32 Å². The zero-order valence-electron chi connectivity index (χ0n) is 12.9. The molecular formula is C16H29NOS. The largest absolute Gasteiger partial charge is 0.377 e. The Balaban J connectivity index is 2.25. The van der Waals surface area contributed by atoms with E-state index in [1.54, 1.807) is 0 Å². The second-order valence-electron chi connectivity index (χ2n) is 5.56. The standard InChI is InChI=1S/C16H29NOS/c1-5-8-17-11-16-10-15(14(4)19-16)12-18-9-6-7-13(2)3/h10,13,17H,5-9,11-12H2,1-4H3. The molecule has 0 amide bonds. The lowest BCUT2D eigenvalue weighted by Gasteiger charge is -2.05. The highest BCUT2D eigenvalue weighted by atomic mass is 32.1. The molecule has 1 heterocycles. The van der Waals surface area contributed by atoms with Gasteiger partial charge in [-0.1, -0.05) is 20.8 Å². The van der Waals surface area contributed by atoms with Gasteiger partial charge in [0.25, 0.3) is 0 Å². The van der Waals surface area contributed by atoms with Gasteiger partial charge >= 0.3 is 0 Å². The first kappa shape index (κ1) is 16.7. The van der Waals surface area contributed by atoms with Crippen molar-refractivity contribution in [2.75, 3.05) is 13.2 Å². The van der Waals surface area contributed by atoms with Gasteiger partial charge in [0.15, 0.2) is 0 Å². The van der Waals surface area contributed by atoms with E-state index in [2.05, 4.69) is 39.1 Å². The van der Waals surface area contributed by atoms with Gasteiger partial charge in [-0.25, -0.2) is 0 Å². The van der Waals surface area contributed by atoms with Crippen LogP contribution in [0.2, 0.25) is 0 Å². The van der Waals surface area contributed by atoms with Crippen LogP contribution in [-0.4, -0.2) is 13.2 Å². The van der Waals surface area contributed by atoms with E-state index in [0.717, 1.165) is 32.2 Å². The summed E-state index contributed by atoms with van der Waals surface area (Å²) in [6.07, 6.45) is 3.62. The van der Waals surface area contributed by atoms with Gasteiger partial charge in [-0.3, -0.25) is 0 Å². The summed E-state index contributed by atoms with van der Waals surface area (Å²) in [5.74, 6) is 0.780. The molecule has 0 fully saturated rings. The molecule has 110 valence electrons. The van der Waals surface area contributed by atoms with E-state index in [0.29, 0.717) is 0 Å². The lowest BCUT2D eigenvalue weighted by molar-refractivity contribution is 0.115. The highest BCUT2D eigenvalue weighted by Crippen LogP contribution is 2.22. The smallest absolute Gasteiger partial charge is 0.0727 e. The Kier molecular flexibility index (Phi) is 8.35. The van der Waals surface area contributed by atoms with Crippen LogP contribution in [0.1, 0.15) is 55.4 Å². The third-order valence-electron chi connectivity index (χ3n) is 3.13. The summed E-state index contributed by atoms with van der Waals surface area (Å²) >= 11 is 1.89. The summed E-state index contributed by atoms with van der Waals surface area (Å²) in [5, 5.41) is 3.45. The maximum Gasteiger partial charge on any atom is 0.0727 e. The second-order valence-corrected chi connectivity index (χ2v) is 6.90. The van der Waals surface area contributed by atoms with Crippen LogP contribution in [0.15, 0.2) is 6.07 Å². The number of aryl methyl sites for hydroxylation is 1. The van der Waals surface area contributed by atoms with Crippen LogP contribution in [0.5, 0.6) is 0 Å². The molecule has 1 aromatic rings. The minimum Gasteiger partial charge on any atom is -0.377 e. The van der Waals surface area contributed by atoms with Crippen LogP contribution in [0.4, 0.5) is 0 Å². The van der Waals surface area contributed by atoms with E-state index in [1.807, 2.05) is 11.3 Å². The second kappa shape index (κ2) is 9.51. The van der Waals surface area contributed by atoms with Gasteiger partial charge in [-0.15, -0.1) is 11.3 Å². The minimum atomic E-state index is 0.772. The lowest BCUT2D eigenvalue weighted by Crippen LogP contribution is -2.12. The summed E-state index contributed by atoms with van der Waals surface area (Å²) in [4.78, 5) is 2.82. The minimum absolute atomic E-state index is 0.772. The van der Waals surface area contributed by atoms with Crippen molar-refractivity contribution in [3.8, 4) is 0 Å². The Morgan fingerprint density at radius 2 is 2.16 bits per heavy atom. The van der Waals surface area contributed by atoms with Crippen molar-refractivity contribution < 1.29 is 4.74 Å². The molecule has 1 rings (SSSR count). The van der Waals surface area contributed by atoms with Gasteiger partial charge in [0.2, 0.25) is 0 Å². The average Bonchev–Trinajstić information content (AvgIpc) is 2.70. The van der Waals surface area contributed by atoms with Crippen molar-refractivity contribution in [2.24, 2.45) is 5.92 Å². The molecular weight excluding hydrogens is 254 g/mol. The summed E-state index contributed by atoms with van der Waals surface area (Å²) < 4.78 is 5.78. The highest BCUT2D eigenvalue weighted by Gasteiger charge is 2.05. The molecule has 3 heteroatoms. The highest BCUT2D eigenvalue weighted by molar-refractivity contribution is 7.12. The van der Waals surface area contributed by atoms with E-state index in [4.69, 9.17) is 4.74 Å². The number of thiophene rings is 1. The summed E-state index contributed by atoms with van der Waals surface area (Å²) in [7, 11) is 0. The van der Waals surface area contributed by atoms with Gasteiger partial charge in [0.1, 0.15) is 0 Å². The molecule has 0 radical (unpaired) electrons. The monoisotopic (exact) mass is 283 g/mol. The van der Waals surface area contributed by atoms with Crippen LogP contribution in [0.3, 0.4) is 0 Å². The fourth-order valence-electron chi connectivity index (χ4n) is 1.98. The number of hydrogen-bond acceptors (Lipinski definition) is 3. The topological polar surface area (TPSA) is 21.3 Å². The molecule has 0 saturated carbocycles. The molecule has 0 aromatic carbocycles. The number of ether oxygens (including phenoxy) is 1. The van der Waals surface area contributed by atoms with E-state index < -0.39 is 0 Å². The summed E-state index contributed by atoms with van der Waals surface area (Å²) in [5.41, 5.74) is 1.36. The Morgan fingerprint density at radius 3 is 2.84 bits per heavy atom. The quantitative estimate of drug-likeness (QED) is 0.638. The molecule has 0 aliphatic rings. The summed E-state index contributed by atoms with van der Waals surface area (Å²) in [6.45, 7) is 12.7. The number of hydrogen-bond donors (Lipinski definition) is 1. The first-order valence-corrected chi connectivity index (χ1v) is 8.31. The molecule has 1 N–H and O–H groups in total. The van der Waals surface area contributed by atoms with Gasteiger partial charge in [0.05, 0.1) is 6.61 Å². The molecule has 2 nitrogen and oxygen atoms in total. The Morgan fingerprint density at radius 1 is 1.37 bits per heavy atom. The number of nitrogens with one attached hydrogen (secondary N) is 1. The van der Waals surface area contributed by atoms with Gasteiger partial charge in [0, 0.05) is 22.9 Å². The van der Waals surface area contributed by atoms with Gasteiger partial charge < -0.3 is 10.1 Å². The zero-order chi connectivity index (χ0) is 14.1. The van der Waals surface area contributed by atoms with Crippen LogP contribution in [0.25, 0.3) is 0 Å². The van der Waals surface area contributed by atoms with E-state index >= 15 is 0 Å². The van der Waals surface area contributed by atoms with E-state index in [-0.39, 0.29) is 0 Å². The van der Waals surface area contributed by atoms with Crippen molar-refractivity contribution in [1.29, 1.82) is 0 Å². The first-order valence-electron chi connectivity index (χ1n) is 7.50. The Hall–Kier alpha value is -0.380. The summed E-state index contributed by atoms with van der Waals surface area (Å²) in [6, 6.07) is 2.30.